The first-order chi connectivity index (χ1) is 29.2. The molecule has 0 N–H and O–H groups in total. The summed E-state index contributed by atoms with van der Waals surface area (Å²) in [6, 6.07) is 86.3. The lowest BCUT2D eigenvalue weighted by molar-refractivity contribution is 1.28. The lowest BCUT2D eigenvalue weighted by Crippen LogP contribution is -2.11. The third-order valence-electron chi connectivity index (χ3n) is 11.8. The van der Waals surface area contributed by atoms with E-state index in [0.29, 0.717) is 0 Å². The maximum Gasteiger partial charge on any atom is 0.0540 e. The van der Waals surface area contributed by atoms with Gasteiger partial charge in [0.05, 0.1) is 5.69 Å². The van der Waals surface area contributed by atoms with E-state index >= 15 is 0 Å². The van der Waals surface area contributed by atoms with Crippen LogP contribution in [-0.2, 0) is 0 Å². The summed E-state index contributed by atoms with van der Waals surface area (Å²) in [5.74, 6) is 0. The average Bonchev–Trinajstić information content (AvgIpc) is 3.32. The molecule has 276 valence electrons. The number of para-hydroxylation sites is 1. The molecule has 0 aliphatic carbocycles. The van der Waals surface area contributed by atoms with Gasteiger partial charge >= 0.3 is 0 Å². The predicted octanol–water partition coefficient (Wildman–Crippen LogP) is 16.4. The summed E-state index contributed by atoms with van der Waals surface area (Å²) in [6.45, 7) is 0. The highest BCUT2D eigenvalue weighted by molar-refractivity contribution is 6.14. The number of fused-ring (bicyclic) bond motifs is 6. The topological polar surface area (TPSA) is 3.24 Å². The van der Waals surface area contributed by atoms with E-state index in [0.717, 1.165) is 17.1 Å². The minimum Gasteiger partial charge on any atom is -0.310 e. The summed E-state index contributed by atoms with van der Waals surface area (Å²) in [5.41, 5.74) is 12.9. The Balaban J connectivity index is 1.07. The van der Waals surface area contributed by atoms with Crippen LogP contribution in [0.1, 0.15) is 0 Å². The summed E-state index contributed by atoms with van der Waals surface area (Å²) in [4.78, 5) is 2.43. The molecule has 0 aliphatic rings. The van der Waals surface area contributed by atoms with Gasteiger partial charge < -0.3 is 4.90 Å². The van der Waals surface area contributed by atoms with Gasteiger partial charge in [0.15, 0.2) is 0 Å². The quantitative estimate of drug-likeness (QED) is 0.147. The van der Waals surface area contributed by atoms with Gasteiger partial charge in [-0.2, -0.15) is 0 Å². The van der Waals surface area contributed by atoms with Crippen molar-refractivity contribution < 1.29 is 0 Å². The van der Waals surface area contributed by atoms with Gasteiger partial charge in [-0.25, -0.2) is 0 Å². The van der Waals surface area contributed by atoms with Crippen LogP contribution >= 0.6 is 0 Å². The van der Waals surface area contributed by atoms with Gasteiger partial charge in [0, 0.05) is 16.9 Å². The number of rotatable bonds is 7. The number of anilines is 3. The highest BCUT2D eigenvalue weighted by atomic mass is 15.1. The first-order valence-electron chi connectivity index (χ1n) is 20.3. The molecule has 1 heteroatoms. The molecule has 0 saturated heterocycles. The Morgan fingerprint density at radius 1 is 0.220 bits per heavy atom. The maximum absolute atomic E-state index is 2.43. The van der Waals surface area contributed by atoms with Crippen molar-refractivity contribution >= 4 is 60.2 Å². The fourth-order valence-electron chi connectivity index (χ4n) is 8.90. The van der Waals surface area contributed by atoms with E-state index in [1.807, 2.05) is 0 Å². The molecule has 0 amide bonds. The van der Waals surface area contributed by atoms with Crippen molar-refractivity contribution in [1.29, 1.82) is 0 Å². The third kappa shape index (κ3) is 6.30. The van der Waals surface area contributed by atoms with Crippen molar-refractivity contribution in [2.75, 3.05) is 4.90 Å². The number of hydrogen-bond acceptors (Lipinski definition) is 1. The molecular formula is C58H39N. The summed E-state index contributed by atoms with van der Waals surface area (Å²) in [7, 11) is 0. The zero-order valence-electron chi connectivity index (χ0n) is 32.5. The van der Waals surface area contributed by atoms with E-state index in [4.69, 9.17) is 0 Å². The normalized spacial score (nSPS) is 11.4. The molecule has 0 fully saturated rings. The second kappa shape index (κ2) is 14.6. The van der Waals surface area contributed by atoms with Crippen LogP contribution in [0.4, 0.5) is 17.1 Å². The van der Waals surface area contributed by atoms with Crippen molar-refractivity contribution in [3.8, 4) is 44.5 Å². The molecule has 1 nitrogen and oxygen atoms in total. The van der Waals surface area contributed by atoms with Crippen LogP contribution in [0, 0.1) is 0 Å². The Bertz CT molecular complexity index is 3310. The third-order valence-corrected chi connectivity index (χ3v) is 11.8. The van der Waals surface area contributed by atoms with Crippen LogP contribution in [0.15, 0.2) is 237 Å². The standard InChI is InChI=1S/C58H39N/c1-2-13-40(14-3-1)41-25-27-42(28-26-41)43-33-35-49(36-34-43)59(50-18-12-17-46(37-50)57-38-47-16-5-7-20-52(47)54-22-8-9-23-55(54)57)58-24-11-10-21-53(58)48-32-31-45-30-29-44-15-4-6-19-51(44)56(45)39-48/h1-39H. The molecule has 0 radical (unpaired) electrons. The van der Waals surface area contributed by atoms with Crippen LogP contribution in [0.2, 0.25) is 0 Å². The van der Waals surface area contributed by atoms with Crippen molar-refractivity contribution in [2.45, 2.75) is 0 Å². The van der Waals surface area contributed by atoms with Gasteiger partial charge in [-0.15, -0.1) is 0 Å². The summed E-state index contributed by atoms with van der Waals surface area (Å²) >= 11 is 0. The molecule has 0 saturated carbocycles. The number of hydrogen-bond donors (Lipinski definition) is 0. The number of benzene rings is 11. The van der Waals surface area contributed by atoms with Gasteiger partial charge in [-0.3, -0.25) is 0 Å². The van der Waals surface area contributed by atoms with E-state index < -0.39 is 0 Å². The summed E-state index contributed by atoms with van der Waals surface area (Å²) in [5, 5.41) is 10.1. The highest BCUT2D eigenvalue weighted by Crippen LogP contribution is 2.44. The van der Waals surface area contributed by atoms with Crippen LogP contribution in [-0.4, -0.2) is 0 Å². The van der Waals surface area contributed by atoms with Crippen molar-refractivity contribution in [3.63, 3.8) is 0 Å². The van der Waals surface area contributed by atoms with Crippen LogP contribution < -0.4 is 4.90 Å². The molecule has 0 heterocycles. The summed E-state index contributed by atoms with van der Waals surface area (Å²) < 4.78 is 0. The monoisotopic (exact) mass is 749 g/mol. The maximum atomic E-state index is 2.43. The average molecular weight is 750 g/mol. The molecule has 0 bridgehead atoms. The first kappa shape index (κ1) is 34.5. The minimum atomic E-state index is 1.09. The zero-order valence-corrected chi connectivity index (χ0v) is 32.5. The molecule has 0 spiro atoms. The van der Waals surface area contributed by atoms with Crippen LogP contribution in [0.5, 0.6) is 0 Å². The largest absolute Gasteiger partial charge is 0.310 e. The van der Waals surface area contributed by atoms with E-state index in [1.54, 1.807) is 0 Å². The van der Waals surface area contributed by atoms with Gasteiger partial charge in [0.2, 0.25) is 0 Å². The first-order valence-corrected chi connectivity index (χ1v) is 20.3. The Hall–Kier alpha value is -7.74. The van der Waals surface area contributed by atoms with Crippen molar-refractivity contribution in [1.82, 2.24) is 0 Å². The minimum absolute atomic E-state index is 1.09. The Kier molecular flexibility index (Phi) is 8.56. The molecule has 11 aromatic rings. The molecule has 0 aromatic heterocycles. The fraction of sp³-hybridized carbons (Fsp3) is 0. The molecule has 0 atom stereocenters. The van der Waals surface area contributed by atoms with E-state index in [2.05, 4.69) is 241 Å². The van der Waals surface area contributed by atoms with E-state index in [-0.39, 0.29) is 0 Å². The highest BCUT2D eigenvalue weighted by Gasteiger charge is 2.19. The SMILES string of the molecule is c1ccc(-c2ccc(-c3ccc(N(c4cccc(-c5cc6ccccc6c6ccccc56)c4)c4ccccc4-c4ccc5ccc6ccccc6c5c4)cc3)cc2)cc1. The van der Waals surface area contributed by atoms with Crippen molar-refractivity contribution in [3.05, 3.63) is 237 Å². The molecular weight excluding hydrogens is 711 g/mol. The molecule has 11 aromatic carbocycles. The lowest BCUT2D eigenvalue weighted by atomic mass is 9.93. The summed E-state index contributed by atoms with van der Waals surface area (Å²) in [6.07, 6.45) is 0. The molecule has 59 heavy (non-hydrogen) atoms. The molecule has 0 unspecified atom stereocenters. The number of nitrogens with zero attached hydrogens (tertiary/aromatic N) is 1. The molecule has 11 rings (SSSR count). The van der Waals surface area contributed by atoms with E-state index in [1.165, 1.54) is 87.6 Å². The van der Waals surface area contributed by atoms with Crippen LogP contribution in [0.25, 0.3) is 87.6 Å². The second-order valence-electron chi connectivity index (χ2n) is 15.3. The van der Waals surface area contributed by atoms with Gasteiger partial charge in [-0.1, -0.05) is 194 Å². The van der Waals surface area contributed by atoms with Crippen molar-refractivity contribution in [2.24, 2.45) is 0 Å². The fourth-order valence-corrected chi connectivity index (χ4v) is 8.90. The Morgan fingerprint density at radius 2 is 0.712 bits per heavy atom. The predicted molar refractivity (Wildman–Crippen MR) is 253 cm³/mol. The van der Waals surface area contributed by atoms with Crippen LogP contribution in [0.3, 0.4) is 0 Å². The Labute approximate surface area is 344 Å². The zero-order chi connectivity index (χ0) is 39.1. The second-order valence-corrected chi connectivity index (χ2v) is 15.3. The molecule has 0 aliphatic heterocycles. The van der Waals surface area contributed by atoms with Gasteiger partial charge in [-0.05, 0) is 124 Å². The van der Waals surface area contributed by atoms with E-state index in [9.17, 15) is 0 Å². The Morgan fingerprint density at radius 3 is 1.46 bits per heavy atom. The van der Waals surface area contributed by atoms with Gasteiger partial charge in [0.1, 0.15) is 0 Å². The van der Waals surface area contributed by atoms with Gasteiger partial charge in [0.25, 0.3) is 0 Å². The lowest BCUT2D eigenvalue weighted by Gasteiger charge is -2.28. The smallest absolute Gasteiger partial charge is 0.0540 e.